The molecule has 2 amide bonds. The predicted octanol–water partition coefficient (Wildman–Crippen LogP) is 2.86. The van der Waals surface area contributed by atoms with Gasteiger partial charge in [0.2, 0.25) is 0 Å². The molecule has 1 fully saturated rings. The van der Waals surface area contributed by atoms with Gasteiger partial charge in [0.1, 0.15) is 0 Å². The average Bonchev–Trinajstić information content (AvgIpc) is 2.39. The van der Waals surface area contributed by atoms with Gasteiger partial charge in [-0.15, -0.1) is 0 Å². The number of hydrogen-bond donors (Lipinski definition) is 3. The van der Waals surface area contributed by atoms with Crippen LogP contribution >= 0.6 is 0 Å². The van der Waals surface area contributed by atoms with Gasteiger partial charge in [0.05, 0.1) is 5.92 Å². The maximum absolute atomic E-state index is 12.0. The minimum atomic E-state index is -0.844. The zero-order valence-corrected chi connectivity index (χ0v) is 13.7. The molecule has 1 aliphatic rings. The second-order valence-corrected chi connectivity index (χ2v) is 6.89. The summed E-state index contributed by atoms with van der Waals surface area (Å²) in [6, 6.07) is -0.0434. The molecule has 0 saturated heterocycles. The molecule has 1 saturated carbocycles. The molecule has 0 heterocycles. The minimum Gasteiger partial charge on any atom is -0.481 e. The predicted molar refractivity (Wildman–Crippen MR) is 83.1 cm³/mol. The largest absolute Gasteiger partial charge is 0.481 e. The average molecular weight is 298 g/mol. The Morgan fingerprint density at radius 2 is 1.90 bits per heavy atom. The van der Waals surface area contributed by atoms with Gasteiger partial charge in [-0.2, -0.15) is 0 Å². The summed E-state index contributed by atoms with van der Waals surface area (Å²) in [6.07, 6.45) is 3.94. The molecule has 5 heteroatoms. The Balaban J connectivity index is 2.40. The highest BCUT2D eigenvalue weighted by molar-refractivity contribution is 5.76. The molecule has 0 aromatic carbocycles. The van der Waals surface area contributed by atoms with E-state index in [1.165, 1.54) is 6.42 Å². The molecule has 4 unspecified atom stereocenters. The van der Waals surface area contributed by atoms with E-state index in [1.54, 1.807) is 0 Å². The fraction of sp³-hybridized carbons (Fsp3) is 0.875. The van der Waals surface area contributed by atoms with Crippen molar-refractivity contribution in [2.75, 3.05) is 6.54 Å². The summed E-state index contributed by atoms with van der Waals surface area (Å²) in [7, 11) is 0. The van der Waals surface area contributed by atoms with Crippen molar-refractivity contribution in [3.05, 3.63) is 0 Å². The number of carboxylic acid groups (broad SMARTS) is 1. The summed E-state index contributed by atoms with van der Waals surface area (Å²) in [5, 5.41) is 14.9. The van der Waals surface area contributed by atoms with Crippen LogP contribution in [0, 0.1) is 23.7 Å². The van der Waals surface area contributed by atoms with Crippen LogP contribution in [0.1, 0.15) is 53.4 Å². The Labute approximate surface area is 127 Å². The van der Waals surface area contributed by atoms with E-state index in [-0.39, 0.29) is 18.6 Å². The number of amides is 2. The lowest BCUT2D eigenvalue weighted by molar-refractivity contribution is -0.142. The van der Waals surface area contributed by atoms with Crippen molar-refractivity contribution in [2.24, 2.45) is 23.7 Å². The van der Waals surface area contributed by atoms with Gasteiger partial charge < -0.3 is 15.7 Å². The first-order valence-electron chi connectivity index (χ1n) is 8.08. The standard InChI is InChI=1S/C16H30N2O3/c1-10(2)8-13(15(19)20)9-17-16(21)18-14-7-5-6-11(3)12(14)4/h10-14H,5-9H2,1-4H3,(H,19,20)(H2,17,18,21). The molecule has 5 nitrogen and oxygen atoms in total. The molecule has 0 aliphatic heterocycles. The van der Waals surface area contributed by atoms with Crippen molar-refractivity contribution < 1.29 is 14.7 Å². The van der Waals surface area contributed by atoms with Crippen molar-refractivity contribution >= 4 is 12.0 Å². The molecule has 0 spiro atoms. The SMILES string of the molecule is CC(C)CC(CNC(=O)NC1CCCC(C)C1C)C(=O)O. The molecule has 0 aromatic heterocycles. The first-order valence-corrected chi connectivity index (χ1v) is 8.08. The van der Waals surface area contributed by atoms with Crippen LogP contribution in [-0.2, 0) is 4.79 Å². The second-order valence-electron chi connectivity index (χ2n) is 6.89. The van der Waals surface area contributed by atoms with Crippen LogP contribution in [0.5, 0.6) is 0 Å². The van der Waals surface area contributed by atoms with Gasteiger partial charge in [0, 0.05) is 12.6 Å². The maximum atomic E-state index is 12.0. The fourth-order valence-electron chi connectivity index (χ4n) is 3.06. The van der Waals surface area contributed by atoms with Crippen molar-refractivity contribution in [2.45, 2.75) is 59.4 Å². The highest BCUT2D eigenvalue weighted by Gasteiger charge is 2.28. The van der Waals surface area contributed by atoms with Gasteiger partial charge in [0.25, 0.3) is 0 Å². The highest BCUT2D eigenvalue weighted by Crippen LogP contribution is 2.29. The lowest BCUT2D eigenvalue weighted by Gasteiger charge is -2.34. The summed E-state index contributed by atoms with van der Waals surface area (Å²) in [4.78, 5) is 23.1. The van der Waals surface area contributed by atoms with Crippen molar-refractivity contribution in [3.8, 4) is 0 Å². The van der Waals surface area contributed by atoms with Gasteiger partial charge in [-0.05, 0) is 30.6 Å². The Kier molecular flexibility index (Phi) is 6.99. The Morgan fingerprint density at radius 3 is 2.48 bits per heavy atom. The third-order valence-corrected chi connectivity index (χ3v) is 4.64. The zero-order chi connectivity index (χ0) is 16.0. The van der Waals surface area contributed by atoms with E-state index in [4.69, 9.17) is 5.11 Å². The van der Waals surface area contributed by atoms with E-state index in [2.05, 4.69) is 24.5 Å². The van der Waals surface area contributed by atoms with Crippen molar-refractivity contribution in [1.29, 1.82) is 0 Å². The van der Waals surface area contributed by atoms with Crippen LogP contribution in [0.4, 0.5) is 4.79 Å². The normalized spacial score (nSPS) is 27.2. The smallest absolute Gasteiger partial charge is 0.315 e. The molecule has 4 atom stereocenters. The summed E-state index contributed by atoms with van der Waals surface area (Å²) >= 11 is 0. The topological polar surface area (TPSA) is 78.4 Å². The van der Waals surface area contributed by atoms with E-state index in [0.717, 1.165) is 12.8 Å². The monoisotopic (exact) mass is 298 g/mol. The Hall–Kier alpha value is -1.26. The zero-order valence-electron chi connectivity index (χ0n) is 13.7. The van der Waals surface area contributed by atoms with Gasteiger partial charge >= 0.3 is 12.0 Å². The lowest BCUT2D eigenvalue weighted by Crippen LogP contribution is -2.49. The van der Waals surface area contributed by atoms with Crippen LogP contribution < -0.4 is 10.6 Å². The number of carbonyl (C=O) groups is 2. The Bertz CT molecular complexity index is 357. The molecule has 21 heavy (non-hydrogen) atoms. The molecule has 122 valence electrons. The summed E-state index contributed by atoms with van der Waals surface area (Å²) in [5.41, 5.74) is 0. The molecule has 0 aromatic rings. The molecular formula is C16H30N2O3. The van der Waals surface area contributed by atoms with Crippen molar-refractivity contribution in [3.63, 3.8) is 0 Å². The van der Waals surface area contributed by atoms with E-state index in [9.17, 15) is 9.59 Å². The highest BCUT2D eigenvalue weighted by atomic mass is 16.4. The number of urea groups is 1. The van der Waals surface area contributed by atoms with Crippen LogP contribution in [0.25, 0.3) is 0 Å². The van der Waals surface area contributed by atoms with Gasteiger partial charge in [0.15, 0.2) is 0 Å². The van der Waals surface area contributed by atoms with Crippen LogP contribution in [-0.4, -0.2) is 29.7 Å². The lowest BCUT2D eigenvalue weighted by atomic mass is 9.78. The van der Waals surface area contributed by atoms with E-state index >= 15 is 0 Å². The molecule has 0 radical (unpaired) electrons. The number of nitrogens with one attached hydrogen (secondary N) is 2. The van der Waals surface area contributed by atoms with Crippen LogP contribution in [0.15, 0.2) is 0 Å². The first-order chi connectivity index (χ1) is 9.81. The fourth-order valence-corrected chi connectivity index (χ4v) is 3.06. The van der Waals surface area contributed by atoms with Crippen LogP contribution in [0.3, 0.4) is 0 Å². The molecule has 1 rings (SSSR count). The summed E-state index contributed by atoms with van der Waals surface area (Å²) < 4.78 is 0. The van der Waals surface area contributed by atoms with Crippen molar-refractivity contribution in [1.82, 2.24) is 10.6 Å². The first kappa shape index (κ1) is 17.8. The number of carbonyl (C=O) groups excluding carboxylic acids is 1. The van der Waals surface area contributed by atoms with Crippen LogP contribution in [0.2, 0.25) is 0 Å². The Morgan fingerprint density at radius 1 is 1.24 bits per heavy atom. The van der Waals surface area contributed by atoms with Gasteiger partial charge in [-0.3, -0.25) is 4.79 Å². The molecular weight excluding hydrogens is 268 g/mol. The maximum Gasteiger partial charge on any atom is 0.315 e. The van der Waals surface area contributed by atoms with E-state index < -0.39 is 11.9 Å². The third-order valence-electron chi connectivity index (χ3n) is 4.64. The second kappa shape index (κ2) is 8.25. The van der Waals surface area contributed by atoms with Gasteiger partial charge in [-0.1, -0.05) is 40.5 Å². The summed E-state index contributed by atoms with van der Waals surface area (Å²) in [5.74, 6) is 0.0319. The quantitative estimate of drug-likeness (QED) is 0.705. The molecule has 3 N–H and O–H groups in total. The summed E-state index contributed by atoms with van der Waals surface area (Å²) in [6.45, 7) is 8.56. The number of hydrogen-bond acceptors (Lipinski definition) is 2. The van der Waals surface area contributed by atoms with Gasteiger partial charge in [-0.25, -0.2) is 4.79 Å². The molecule has 1 aliphatic carbocycles. The van der Waals surface area contributed by atoms with E-state index in [1.807, 2.05) is 13.8 Å². The third kappa shape index (κ3) is 5.94. The van der Waals surface area contributed by atoms with E-state index in [0.29, 0.717) is 24.2 Å². The number of aliphatic carboxylic acids is 1. The number of rotatable bonds is 6. The number of carboxylic acids is 1. The molecule has 0 bridgehead atoms. The minimum absolute atomic E-state index is 0.190.